The third-order valence-electron chi connectivity index (χ3n) is 5.14. The molecule has 1 saturated heterocycles. The molecule has 1 aromatic carbocycles. The minimum Gasteiger partial charge on any atom is -0.494 e. The fourth-order valence-corrected chi connectivity index (χ4v) is 5.31. The molecule has 1 amide bonds. The number of halogens is 1. The van der Waals surface area contributed by atoms with Crippen LogP contribution in [0, 0.1) is 0 Å². The van der Waals surface area contributed by atoms with Crippen LogP contribution in [0.4, 0.5) is 0 Å². The molecule has 176 valence electrons. The Hall–Kier alpha value is -2.24. The van der Waals surface area contributed by atoms with Gasteiger partial charge < -0.3 is 14.2 Å². The quantitative estimate of drug-likeness (QED) is 0.298. The van der Waals surface area contributed by atoms with Gasteiger partial charge in [-0.3, -0.25) is 15.0 Å². The number of hydroxylamine groups is 1. The topological polar surface area (TPSA) is 124 Å². The first-order valence-corrected chi connectivity index (χ1v) is 11.5. The summed E-state index contributed by atoms with van der Waals surface area (Å²) in [6.07, 6.45) is 2.31. The summed E-state index contributed by atoms with van der Waals surface area (Å²) in [7, 11) is -4.04. The van der Waals surface area contributed by atoms with Crippen LogP contribution in [-0.2, 0) is 30.7 Å². The third kappa shape index (κ3) is 5.96. The van der Waals surface area contributed by atoms with Gasteiger partial charge in [0.1, 0.15) is 5.75 Å². The molecule has 11 heteroatoms. The van der Waals surface area contributed by atoms with Crippen molar-refractivity contribution in [1.82, 2.24) is 10.5 Å². The van der Waals surface area contributed by atoms with Crippen LogP contribution in [0.3, 0.4) is 0 Å². The number of hydrogen-bond acceptors (Lipinski definition) is 8. The average molecular weight is 487 g/mol. The number of sulfone groups is 1. The summed E-state index contributed by atoms with van der Waals surface area (Å²) < 4.78 is 41.0. The molecule has 1 aliphatic heterocycles. The average Bonchev–Trinajstić information content (AvgIpc) is 2.82. The maximum atomic E-state index is 13.2. The summed E-state index contributed by atoms with van der Waals surface area (Å²) in [5, 5.41) is 9.09. The lowest BCUT2D eigenvalue weighted by Gasteiger charge is -2.34. The Bertz CT molecular complexity index is 950. The SMILES string of the molecule is Cl.O=C(NO)C1(S(=O)(=O)c2ccc(OCCCOCc3ccccn3)cc2)CCOCC1. The van der Waals surface area contributed by atoms with Gasteiger partial charge in [-0.1, -0.05) is 6.07 Å². The van der Waals surface area contributed by atoms with E-state index in [1.54, 1.807) is 18.3 Å². The summed E-state index contributed by atoms with van der Waals surface area (Å²) in [6.45, 7) is 1.58. The van der Waals surface area contributed by atoms with E-state index < -0.39 is 20.5 Å². The van der Waals surface area contributed by atoms with Gasteiger partial charge in [0.05, 0.1) is 30.4 Å². The number of amides is 1. The lowest BCUT2D eigenvalue weighted by atomic mass is 9.98. The molecule has 0 aliphatic carbocycles. The largest absolute Gasteiger partial charge is 0.494 e. The minimum absolute atomic E-state index is 0. The normalized spacial score (nSPS) is 15.4. The number of aromatic nitrogens is 1. The summed E-state index contributed by atoms with van der Waals surface area (Å²) in [5.41, 5.74) is 2.36. The Kier molecular flexibility index (Phi) is 9.85. The number of nitrogens with one attached hydrogen (secondary N) is 1. The van der Waals surface area contributed by atoms with E-state index >= 15 is 0 Å². The van der Waals surface area contributed by atoms with Crippen LogP contribution in [0.25, 0.3) is 0 Å². The highest BCUT2D eigenvalue weighted by Crippen LogP contribution is 2.35. The predicted molar refractivity (Wildman–Crippen MR) is 118 cm³/mol. The Balaban J connectivity index is 0.00000363. The number of ether oxygens (including phenoxy) is 3. The van der Waals surface area contributed by atoms with Gasteiger partial charge in [-0.2, -0.15) is 0 Å². The van der Waals surface area contributed by atoms with Crippen molar-refractivity contribution in [3.8, 4) is 5.75 Å². The molecule has 32 heavy (non-hydrogen) atoms. The number of hydrogen-bond donors (Lipinski definition) is 2. The van der Waals surface area contributed by atoms with Gasteiger partial charge >= 0.3 is 0 Å². The smallest absolute Gasteiger partial charge is 0.265 e. The lowest BCUT2D eigenvalue weighted by Crippen LogP contribution is -2.54. The van der Waals surface area contributed by atoms with Gasteiger partial charge in [-0.25, -0.2) is 13.9 Å². The number of nitrogens with zero attached hydrogens (tertiary/aromatic N) is 1. The number of carbonyl (C=O) groups is 1. The first-order valence-electron chi connectivity index (χ1n) is 9.97. The van der Waals surface area contributed by atoms with E-state index in [0.29, 0.717) is 32.0 Å². The molecular weight excluding hydrogens is 460 g/mol. The Morgan fingerprint density at radius 2 is 1.84 bits per heavy atom. The zero-order chi connectivity index (χ0) is 22.2. The monoisotopic (exact) mass is 486 g/mol. The number of pyridine rings is 1. The molecule has 1 aromatic heterocycles. The number of benzene rings is 1. The van der Waals surface area contributed by atoms with Crippen LogP contribution in [-0.4, -0.2) is 55.7 Å². The summed E-state index contributed by atoms with van der Waals surface area (Å²) >= 11 is 0. The van der Waals surface area contributed by atoms with E-state index in [1.165, 1.54) is 17.6 Å². The fourth-order valence-electron chi connectivity index (χ4n) is 3.37. The number of rotatable bonds is 10. The first kappa shape index (κ1) is 26.0. The van der Waals surface area contributed by atoms with Gasteiger partial charge in [0, 0.05) is 25.8 Å². The van der Waals surface area contributed by atoms with Crippen molar-refractivity contribution >= 4 is 28.2 Å². The second-order valence-electron chi connectivity index (χ2n) is 7.10. The maximum Gasteiger partial charge on any atom is 0.265 e. The van der Waals surface area contributed by atoms with Crippen molar-refractivity contribution in [2.45, 2.75) is 35.5 Å². The molecule has 9 nitrogen and oxygen atoms in total. The molecule has 0 spiro atoms. The van der Waals surface area contributed by atoms with Gasteiger partial charge in [0.25, 0.3) is 5.91 Å². The molecule has 0 saturated carbocycles. The zero-order valence-electron chi connectivity index (χ0n) is 17.4. The van der Waals surface area contributed by atoms with E-state index in [0.717, 1.165) is 5.69 Å². The summed E-state index contributed by atoms with van der Waals surface area (Å²) in [4.78, 5) is 16.4. The van der Waals surface area contributed by atoms with Gasteiger partial charge in [-0.05, 0) is 49.2 Å². The Morgan fingerprint density at radius 1 is 1.12 bits per heavy atom. The minimum atomic E-state index is -4.04. The lowest BCUT2D eigenvalue weighted by molar-refractivity contribution is -0.134. The number of carbonyl (C=O) groups excluding carboxylic acids is 1. The van der Waals surface area contributed by atoms with Gasteiger partial charge in [-0.15, -0.1) is 12.4 Å². The standard InChI is InChI=1S/C21H26N2O7S.ClH/c24-20(23-25)21(9-14-28-15-10-21)31(26,27)19-7-5-18(6-8-19)30-13-3-12-29-16-17-4-1-2-11-22-17;/h1-2,4-8,11,25H,3,9-10,12-16H2,(H,23,24);1H. The van der Waals surface area contributed by atoms with Crippen molar-refractivity contribution in [2.24, 2.45) is 0 Å². The second-order valence-corrected chi connectivity index (χ2v) is 9.36. The van der Waals surface area contributed by atoms with E-state index in [-0.39, 0.29) is 43.4 Å². The molecule has 0 bridgehead atoms. The molecule has 0 atom stereocenters. The van der Waals surface area contributed by atoms with Crippen molar-refractivity contribution in [2.75, 3.05) is 26.4 Å². The zero-order valence-corrected chi connectivity index (χ0v) is 19.1. The predicted octanol–water partition coefficient (Wildman–Crippen LogP) is 2.32. The van der Waals surface area contributed by atoms with Crippen molar-refractivity contribution in [3.05, 3.63) is 54.4 Å². The van der Waals surface area contributed by atoms with Crippen LogP contribution in [0.15, 0.2) is 53.6 Å². The Labute approximate surface area is 193 Å². The summed E-state index contributed by atoms with van der Waals surface area (Å²) in [5.74, 6) is -0.432. The molecule has 3 rings (SSSR count). The highest BCUT2D eigenvalue weighted by Gasteiger charge is 2.52. The first-order chi connectivity index (χ1) is 15.0. The second kappa shape index (κ2) is 12.1. The third-order valence-corrected chi connectivity index (χ3v) is 7.66. The van der Waals surface area contributed by atoms with Gasteiger partial charge in [0.2, 0.25) is 0 Å². The highest BCUT2D eigenvalue weighted by molar-refractivity contribution is 7.93. The molecule has 1 aliphatic rings. The van der Waals surface area contributed by atoms with Crippen molar-refractivity contribution in [3.63, 3.8) is 0 Å². The highest BCUT2D eigenvalue weighted by atomic mass is 35.5. The van der Waals surface area contributed by atoms with Crippen LogP contribution in [0.5, 0.6) is 5.75 Å². The molecule has 1 fully saturated rings. The fraction of sp³-hybridized carbons (Fsp3) is 0.429. The van der Waals surface area contributed by atoms with Crippen molar-refractivity contribution in [1.29, 1.82) is 0 Å². The summed E-state index contributed by atoms with van der Waals surface area (Å²) in [6, 6.07) is 11.5. The molecule has 2 aromatic rings. The van der Waals surface area contributed by atoms with E-state index in [4.69, 9.17) is 19.4 Å². The van der Waals surface area contributed by atoms with Crippen molar-refractivity contribution < 1.29 is 32.6 Å². The van der Waals surface area contributed by atoms with E-state index in [9.17, 15) is 13.2 Å². The molecule has 2 heterocycles. The van der Waals surface area contributed by atoms with Crippen LogP contribution in [0.1, 0.15) is 25.0 Å². The molecule has 0 radical (unpaired) electrons. The molecule has 0 unspecified atom stereocenters. The van der Waals surface area contributed by atoms with Gasteiger partial charge in [0.15, 0.2) is 14.6 Å². The van der Waals surface area contributed by atoms with Crippen LogP contribution < -0.4 is 10.2 Å². The molecular formula is C21H27ClN2O7S. The molecule has 2 N–H and O–H groups in total. The Morgan fingerprint density at radius 3 is 2.47 bits per heavy atom. The maximum absolute atomic E-state index is 13.2. The van der Waals surface area contributed by atoms with E-state index in [1.807, 2.05) is 18.2 Å². The van der Waals surface area contributed by atoms with Crippen LogP contribution in [0.2, 0.25) is 0 Å². The van der Waals surface area contributed by atoms with E-state index in [2.05, 4.69) is 4.98 Å². The van der Waals surface area contributed by atoms with Crippen LogP contribution >= 0.6 is 12.4 Å².